The molecule has 0 spiro atoms. The van der Waals surface area contributed by atoms with Crippen LogP contribution in [0.2, 0.25) is 0 Å². The first-order valence-corrected chi connectivity index (χ1v) is 7.00. The summed E-state index contributed by atoms with van der Waals surface area (Å²) in [7, 11) is 1.65. The van der Waals surface area contributed by atoms with Gasteiger partial charge in [0, 0.05) is 12.1 Å². The third-order valence-corrected chi connectivity index (χ3v) is 4.38. The van der Waals surface area contributed by atoms with Crippen molar-refractivity contribution >= 4 is 5.69 Å². The van der Waals surface area contributed by atoms with Crippen LogP contribution in [0.25, 0.3) is 0 Å². The lowest BCUT2D eigenvalue weighted by molar-refractivity contribution is 0.252. The van der Waals surface area contributed by atoms with E-state index in [4.69, 9.17) is 10.00 Å². The molecular formula is C16H22N2O. The minimum Gasteiger partial charge on any atom is -0.495 e. The fourth-order valence-electron chi connectivity index (χ4n) is 2.87. The molecule has 1 aliphatic carbocycles. The predicted octanol–water partition coefficient (Wildman–Crippen LogP) is 3.80. The van der Waals surface area contributed by atoms with Gasteiger partial charge < -0.3 is 10.1 Å². The molecule has 19 heavy (non-hydrogen) atoms. The van der Waals surface area contributed by atoms with Gasteiger partial charge in [0.05, 0.1) is 24.4 Å². The number of hydrogen-bond donors (Lipinski definition) is 1. The van der Waals surface area contributed by atoms with Crippen molar-refractivity contribution in [3.63, 3.8) is 0 Å². The Bertz CT molecular complexity index is 478. The largest absolute Gasteiger partial charge is 0.495 e. The van der Waals surface area contributed by atoms with Crippen LogP contribution in [-0.2, 0) is 0 Å². The molecule has 3 atom stereocenters. The van der Waals surface area contributed by atoms with Crippen LogP contribution in [-0.4, -0.2) is 13.2 Å². The lowest BCUT2D eigenvalue weighted by Crippen LogP contribution is -2.35. The predicted molar refractivity (Wildman–Crippen MR) is 77.3 cm³/mol. The molecular weight excluding hydrogens is 236 g/mol. The minimum absolute atomic E-state index is 0.491. The van der Waals surface area contributed by atoms with E-state index in [0.717, 1.165) is 17.4 Å². The summed E-state index contributed by atoms with van der Waals surface area (Å²) in [5, 5.41) is 12.5. The summed E-state index contributed by atoms with van der Waals surface area (Å²) < 4.78 is 5.38. The summed E-state index contributed by atoms with van der Waals surface area (Å²) in [6.45, 7) is 4.64. The Labute approximate surface area is 115 Å². The van der Waals surface area contributed by atoms with Crippen molar-refractivity contribution in [3.8, 4) is 11.8 Å². The molecule has 0 radical (unpaired) electrons. The molecule has 1 aromatic carbocycles. The molecule has 1 aromatic rings. The van der Waals surface area contributed by atoms with Gasteiger partial charge in [-0.05, 0) is 30.4 Å². The zero-order chi connectivity index (χ0) is 13.8. The van der Waals surface area contributed by atoms with Gasteiger partial charge in [0.25, 0.3) is 0 Å². The van der Waals surface area contributed by atoms with Crippen LogP contribution in [0.3, 0.4) is 0 Å². The smallest absolute Gasteiger partial charge is 0.143 e. The summed E-state index contributed by atoms with van der Waals surface area (Å²) in [4.78, 5) is 0. The van der Waals surface area contributed by atoms with Gasteiger partial charge in [0.15, 0.2) is 0 Å². The first-order valence-electron chi connectivity index (χ1n) is 7.00. The van der Waals surface area contributed by atoms with Crippen LogP contribution in [0.1, 0.15) is 38.7 Å². The highest BCUT2D eigenvalue weighted by Crippen LogP contribution is 2.34. The van der Waals surface area contributed by atoms with Crippen molar-refractivity contribution < 1.29 is 4.74 Å². The molecule has 0 aliphatic heterocycles. The van der Waals surface area contributed by atoms with E-state index in [1.54, 1.807) is 13.2 Å². The summed E-state index contributed by atoms with van der Waals surface area (Å²) in [5.74, 6) is 2.18. The van der Waals surface area contributed by atoms with E-state index in [2.05, 4.69) is 25.2 Å². The quantitative estimate of drug-likeness (QED) is 0.896. The normalized spacial score (nSPS) is 26.5. The Hall–Kier alpha value is -1.69. The molecule has 1 saturated carbocycles. The molecule has 3 unspecified atom stereocenters. The lowest BCUT2D eigenvalue weighted by atomic mass is 9.78. The highest BCUT2D eigenvalue weighted by atomic mass is 16.5. The number of anilines is 1. The van der Waals surface area contributed by atoms with E-state index in [9.17, 15) is 0 Å². The average Bonchev–Trinajstić information content (AvgIpc) is 2.44. The molecule has 0 heterocycles. The number of methoxy groups -OCH3 is 1. The molecule has 0 bridgehead atoms. The maximum absolute atomic E-state index is 8.92. The van der Waals surface area contributed by atoms with Gasteiger partial charge in [-0.2, -0.15) is 5.26 Å². The third-order valence-electron chi connectivity index (χ3n) is 4.38. The van der Waals surface area contributed by atoms with E-state index in [1.807, 2.05) is 12.1 Å². The van der Waals surface area contributed by atoms with Gasteiger partial charge in [0.1, 0.15) is 5.75 Å². The fraction of sp³-hybridized carbons (Fsp3) is 0.562. The Kier molecular flexibility index (Phi) is 4.31. The summed E-state index contributed by atoms with van der Waals surface area (Å²) in [5.41, 5.74) is 1.62. The molecule has 2 rings (SSSR count). The Morgan fingerprint density at radius 2 is 2.11 bits per heavy atom. The van der Waals surface area contributed by atoms with Crippen LogP contribution in [0.4, 0.5) is 5.69 Å². The van der Waals surface area contributed by atoms with Crippen molar-refractivity contribution in [2.24, 2.45) is 11.8 Å². The van der Waals surface area contributed by atoms with E-state index in [1.165, 1.54) is 19.3 Å². The topological polar surface area (TPSA) is 45.0 Å². The van der Waals surface area contributed by atoms with Gasteiger partial charge in [0.2, 0.25) is 0 Å². The van der Waals surface area contributed by atoms with Crippen molar-refractivity contribution in [1.82, 2.24) is 0 Å². The second-order valence-corrected chi connectivity index (χ2v) is 5.55. The van der Waals surface area contributed by atoms with Gasteiger partial charge in [-0.3, -0.25) is 0 Å². The maximum atomic E-state index is 8.92. The second-order valence-electron chi connectivity index (χ2n) is 5.55. The van der Waals surface area contributed by atoms with Crippen molar-refractivity contribution in [1.29, 1.82) is 5.26 Å². The van der Waals surface area contributed by atoms with E-state index in [-0.39, 0.29) is 0 Å². The van der Waals surface area contributed by atoms with Crippen LogP contribution in [0, 0.1) is 23.2 Å². The number of nitrogens with zero attached hydrogens (tertiary/aromatic N) is 1. The molecule has 3 nitrogen and oxygen atoms in total. The zero-order valence-electron chi connectivity index (χ0n) is 11.9. The minimum atomic E-state index is 0.491. The number of nitrogens with one attached hydrogen (secondary N) is 1. The van der Waals surface area contributed by atoms with Gasteiger partial charge in [-0.25, -0.2) is 0 Å². The second kappa shape index (κ2) is 5.97. The average molecular weight is 258 g/mol. The maximum Gasteiger partial charge on any atom is 0.143 e. The molecule has 1 N–H and O–H groups in total. The van der Waals surface area contributed by atoms with Crippen molar-refractivity contribution in [3.05, 3.63) is 23.8 Å². The molecule has 1 aliphatic rings. The van der Waals surface area contributed by atoms with Gasteiger partial charge >= 0.3 is 0 Å². The third kappa shape index (κ3) is 3.01. The van der Waals surface area contributed by atoms with Gasteiger partial charge in [-0.1, -0.05) is 26.7 Å². The summed E-state index contributed by atoms with van der Waals surface area (Å²) >= 11 is 0. The fourth-order valence-corrected chi connectivity index (χ4v) is 2.87. The van der Waals surface area contributed by atoms with Crippen LogP contribution in [0.5, 0.6) is 5.75 Å². The number of hydrogen-bond acceptors (Lipinski definition) is 3. The standard InChI is InChI=1S/C16H22N2O/c1-11-5-4-6-14(12(11)2)18-15-8-7-13(10-17)9-16(15)19-3/h7-9,11-12,14,18H,4-6H2,1-3H3. The Morgan fingerprint density at radius 1 is 1.32 bits per heavy atom. The SMILES string of the molecule is COc1cc(C#N)ccc1NC1CCCC(C)C1C. The number of rotatable bonds is 3. The first-order chi connectivity index (χ1) is 9.15. The van der Waals surface area contributed by atoms with Crippen LogP contribution in [0.15, 0.2) is 18.2 Å². The van der Waals surface area contributed by atoms with Crippen LogP contribution >= 0.6 is 0 Å². The van der Waals surface area contributed by atoms with Gasteiger partial charge in [-0.15, -0.1) is 0 Å². The summed E-state index contributed by atoms with van der Waals surface area (Å²) in [6.07, 6.45) is 3.81. The number of ether oxygens (including phenoxy) is 1. The molecule has 0 amide bonds. The zero-order valence-corrected chi connectivity index (χ0v) is 11.9. The lowest BCUT2D eigenvalue weighted by Gasteiger charge is -2.35. The first kappa shape index (κ1) is 13.7. The molecule has 1 fully saturated rings. The highest BCUT2D eigenvalue weighted by molar-refractivity contribution is 5.60. The molecule has 0 aromatic heterocycles. The number of nitriles is 1. The number of benzene rings is 1. The highest BCUT2D eigenvalue weighted by Gasteiger charge is 2.27. The Balaban J connectivity index is 2.16. The van der Waals surface area contributed by atoms with Crippen LogP contribution < -0.4 is 10.1 Å². The van der Waals surface area contributed by atoms with Crippen molar-refractivity contribution in [2.75, 3.05) is 12.4 Å². The van der Waals surface area contributed by atoms with E-state index >= 15 is 0 Å². The molecule has 102 valence electrons. The molecule has 3 heteroatoms. The van der Waals surface area contributed by atoms with Crippen molar-refractivity contribution in [2.45, 2.75) is 39.2 Å². The van der Waals surface area contributed by atoms with E-state index < -0.39 is 0 Å². The monoisotopic (exact) mass is 258 g/mol. The Morgan fingerprint density at radius 3 is 2.79 bits per heavy atom. The summed E-state index contributed by atoms with van der Waals surface area (Å²) in [6, 6.07) is 8.21. The van der Waals surface area contributed by atoms with E-state index in [0.29, 0.717) is 17.5 Å². The molecule has 0 saturated heterocycles.